The fraction of sp³-hybridized carbons (Fsp3) is 0.400. The maximum Gasteiger partial charge on any atom is 0.339 e. The Hall–Kier alpha value is -1.97. The van der Waals surface area contributed by atoms with E-state index in [0.717, 1.165) is 50.4 Å². The molecule has 0 unspecified atom stereocenters. The number of anilines is 1. The molecule has 3 heterocycles. The van der Waals surface area contributed by atoms with Gasteiger partial charge in [-0.3, -0.25) is 0 Å². The standard InChI is InChI=1S/C15H15NO3/c17-12-8-13(18)19-15-10-4-2-6-16-5-1-3-9(14(10)16)7-11(12)15/h7-8,17H,1-6H2. The van der Waals surface area contributed by atoms with Gasteiger partial charge in [0.2, 0.25) is 0 Å². The number of nitrogens with zero attached hydrogens (tertiary/aromatic N) is 1. The second-order valence-electron chi connectivity index (χ2n) is 5.38. The van der Waals surface area contributed by atoms with Crippen LogP contribution in [0.5, 0.6) is 5.75 Å². The molecular formula is C15H15NO3. The number of aromatic hydroxyl groups is 1. The van der Waals surface area contributed by atoms with E-state index in [1.165, 1.54) is 11.3 Å². The highest BCUT2D eigenvalue weighted by Crippen LogP contribution is 2.41. The zero-order valence-corrected chi connectivity index (χ0v) is 10.6. The number of aryl methyl sites for hydroxylation is 2. The van der Waals surface area contributed by atoms with Gasteiger partial charge in [0.15, 0.2) is 0 Å². The van der Waals surface area contributed by atoms with Crippen molar-refractivity contribution in [3.63, 3.8) is 0 Å². The quantitative estimate of drug-likeness (QED) is 0.735. The van der Waals surface area contributed by atoms with Crippen LogP contribution < -0.4 is 10.5 Å². The molecule has 1 N–H and O–H groups in total. The molecule has 1 aromatic heterocycles. The highest BCUT2D eigenvalue weighted by Gasteiger charge is 2.27. The summed E-state index contributed by atoms with van der Waals surface area (Å²) in [6, 6.07) is 3.15. The van der Waals surface area contributed by atoms with E-state index in [1.54, 1.807) is 0 Å². The topological polar surface area (TPSA) is 53.7 Å². The van der Waals surface area contributed by atoms with Gasteiger partial charge in [-0.1, -0.05) is 0 Å². The second kappa shape index (κ2) is 3.76. The Morgan fingerprint density at radius 3 is 2.79 bits per heavy atom. The van der Waals surface area contributed by atoms with Gasteiger partial charge in [-0.05, 0) is 37.3 Å². The van der Waals surface area contributed by atoms with Crippen molar-refractivity contribution in [1.82, 2.24) is 0 Å². The first-order chi connectivity index (χ1) is 9.24. The Balaban J connectivity index is 2.15. The summed E-state index contributed by atoms with van der Waals surface area (Å²) in [5.41, 5.74) is 3.73. The molecule has 4 nitrogen and oxygen atoms in total. The second-order valence-corrected chi connectivity index (χ2v) is 5.38. The van der Waals surface area contributed by atoms with E-state index in [9.17, 15) is 9.90 Å². The van der Waals surface area contributed by atoms with E-state index >= 15 is 0 Å². The number of fused-ring (bicyclic) bond motifs is 2. The Kier molecular flexibility index (Phi) is 2.16. The van der Waals surface area contributed by atoms with E-state index in [4.69, 9.17) is 4.42 Å². The van der Waals surface area contributed by atoms with Crippen LogP contribution in [0.3, 0.4) is 0 Å². The zero-order valence-electron chi connectivity index (χ0n) is 10.6. The lowest BCUT2D eigenvalue weighted by Crippen LogP contribution is -2.34. The Morgan fingerprint density at radius 1 is 1.16 bits per heavy atom. The third-order valence-electron chi connectivity index (χ3n) is 4.21. The molecule has 2 aliphatic rings. The Bertz CT molecular complexity index is 730. The van der Waals surface area contributed by atoms with Gasteiger partial charge in [-0.15, -0.1) is 0 Å². The lowest BCUT2D eigenvalue weighted by Gasteiger charge is -2.37. The van der Waals surface area contributed by atoms with Gasteiger partial charge in [-0.25, -0.2) is 4.79 Å². The van der Waals surface area contributed by atoms with Gasteiger partial charge in [0.05, 0.1) is 11.5 Å². The van der Waals surface area contributed by atoms with E-state index in [2.05, 4.69) is 4.90 Å². The summed E-state index contributed by atoms with van der Waals surface area (Å²) < 4.78 is 5.37. The van der Waals surface area contributed by atoms with Gasteiger partial charge >= 0.3 is 5.63 Å². The van der Waals surface area contributed by atoms with Crippen molar-refractivity contribution in [2.45, 2.75) is 25.7 Å². The molecule has 2 aromatic rings. The van der Waals surface area contributed by atoms with E-state index in [-0.39, 0.29) is 5.75 Å². The van der Waals surface area contributed by atoms with Crippen molar-refractivity contribution in [2.24, 2.45) is 0 Å². The Morgan fingerprint density at radius 2 is 1.95 bits per heavy atom. The highest BCUT2D eigenvalue weighted by atomic mass is 16.4. The summed E-state index contributed by atoms with van der Waals surface area (Å²) >= 11 is 0. The molecule has 4 rings (SSSR count). The van der Waals surface area contributed by atoms with Crippen LogP contribution in [0.2, 0.25) is 0 Å². The largest absolute Gasteiger partial charge is 0.507 e. The fourth-order valence-corrected chi connectivity index (χ4v) is 3.46. The summed E-state index contributed by atoms with van der Waals surface area (Å²) in [4.78, 5) is 13.9. The summed E-state index contributed by atoms with van der Waals surface area (Å²) in [6.07, 6.45) is 4.18. The number of benzene rings is 1. The van der Waals surface area contributed by atoms with Gasteiger partial charge in [0.25, 0.3) is 0 Å². The van der Waals surface area contributed by atoms with Crippen LogP contribution in [0.4, 0.5) is 5.69 Å². The van der Waals surface area contributed by atoms with E-state index in [1.807, 2.05) is 6.07 Å². The predicted octanol–water partition coefficient (Wildman–Crippen LogP) is 2.20. The van der Waals surface area contributed by atoms with Crippen LogP contribution in [0.25, 0.3) is 11.0 Å². The molecule has 0 spiro atoms. The minimum atomic E-state index is -0.478. The third kappa shape index (κ3) is 1.49. The summed E-state index contributed by atoms with van der Waals surface area (Å²) in [6.45, 7) is 2.16. The van der Waals surface area contributed by atoms with E-state index in [0.29, 0.717) is 11.0 Å². The summed E-state index contributed by atoms with van der Waals surface area (Å²) in [5.74, 6) is 0.0352. The van der Waals surface area contributed by atoms with Gasteiger partial charge in [0, 0.05) is 24.3 Å². The van der Waals surface area contributed by atoms with E-state index < -0.39 is 5.63 Å². The molecular weight excluding hydrogens is 242 g/mol. The molecule has 2 aliphatic heterocycles. The van der Waals surface area contributed by atoms with Crippen LogP contribution in [0.1, 0.15) is 24.0 Å². The first-order valence-electron chi connectivity index (χ1n) is 6.80. The SMILES string of the molecule is O=c1cc(O)c2cc3c4c(c2o1)CCCN4CCC3. The molecule has 0 atom stereocenters. The number of hydrogen-bond acceptors (Lipinski definition) is 4. The molecule has 0 fully saturated rings. The number of rotatable bonds is 0. The summed E-state index contributed by atoms with van der Waals surface area (Å²) in [7, 11) is 0. The lowest BCUT2D eigenvalue weighted by molar-refractivity contribution is 0.466. The van der Waals surface area contributed by atoms with Crippen LogP contribution >= 0.6 is 0 Å². The maximum absolute atomic E-state index is 11.5. The molecule has 0 bridgehead atoms. The third-order valence-corrected chi connectivity index (χ3v) is 4.21. The smallest absolute Gasteiger partial charge is 0.339 e. The van der Waals surface area contributed by atoms with Crippen LogP contribution in [-0.2, 0) is 12.8 Å². The van der Waals surface area contributed by atoms with Crippen LogP contribution in [0, 0.1) is 0 Å². The molecule has 0 saturated heterocycles. The molecule has 98 valence electrons. The fourth-order valence-electron chi connectivity index (χ4n) is 3.46. The first kappa shape index (κ1) is 10.9. The van der Waals surface area contributed by atoms with Crippen LogP contribution in [0.15, 0.2) is 21.3 Å². The molecule has 1 aromatic carbocycles. The lowest BCUT2D eigenvalue weighted by atomic mass is 9.90. The average molecular weight is 257 g/mol. The van der Waals surface area contributed by atoms with Crippen molar-refractivity contribution < 1.29 is 9.52 Å². The van der Waals surface area contributed by atoms with Gasteiger partial charge < -0.3 is 14.4 Å². The molecule has 0 saturated carbocycles. The minimum Gasteiger partial charge on any atom is -0.507 e. The molecule has 19 heavy (non-hydrogen) atoms. The zero-order chi connectivity index (χ0) is 13.0. The molecule has 4 heteroatoms. The van der Waals surface area contributed by atoms with Crippen molar-refractivity contribution in [3.05, 3.63) is 33.7 Å². The summed E-state index contributed by atoms with van der Waals surface area (Å²) in [5, 5.41) is 10.7. The van der Waals surface area contributed by atoms with Gasteiger partial charge in [0.1, 0.15) is 11.3 Å². The average Bonchev–Trinajstić information content (AvgIpc) is 2.41. The van der Waals surface area contributed by atoms with Crippen molar-refractivity contribution >= 4 is 16.7 Å². The van der Waals surface area contributed by atoms with Crippen molar-refractivity contribution in [1.29, 1.82) is 0 Å². The molecule has 0 amide bonds. The minimum absolute atomic E-state index is 0.0352. The van der Waals surface area contributed by atoms with Crippen molar-refractivity contribution in [3.8, 4) is 5.75 Å². The first-order valence-corrected chi connectivity index (χ1v) is 6.80. The maximum atomic E-state index is 11.5. The van der Waals surface area contributed by atoms with Crippen molar-refractivity contribution in [2.75, 3.05) is 18.0 Å². The van der Waals surface area contributed by atoms with Gasteiger partial charge in [-0.2, -0.15) is 0 Å². The normalized spacial score (nSPS) is 17.6. The molecule has 0 aliphatic carbocycles. The molecule has 0 radical (unpaired) electrons. The Labute approximate surface area is 110 Å². The monoisotopic (exact) mass is 257 g/mol. The predicted molar refractivity (Wildman–Crippen MR) is 73.0 cm³/mol. The highest BCUT2D eigenvalue weighted by molar-refractivity contribution is 5.92. The number of hydrogen-bond donors (Lipinski definition) is 1. The van der Waals surface area contributed by atoms with Crippen LogP contribution in [-0.4, -0.2) is 18.2 Å².